The molecule has 0 saturated carbocycles. The first kappa shape index (κ1) is 12.4. The summed E-state index contributed by atoms with van der Waals surface area (Å²) in [5, 5.41) is 0. The van der Waals surface area contributed by atoms with Gasteiger partial charge in [0, 0.05) is 6.21 Å². The van der Waals surface area contributed by atoms with Gasteiger partial charge in [0.25, 0.3) is 0 Å². The average Bonchev–Trinajstić information content (AvgIpc) is 2.14. The summed E-state index contributed by atoms with van der Waals surface area (Å²) in [4.78, 5) is 15.1. The Kier molecular flexibility index (Phi) is 3.82. The van der Waals surface area contributed by atoms with Crippen molar-refractivity contribution in [3.63, 3.8) is 0 Å². The monoisotopic (exact) mass is 219 g/mol. The Labute approximate surface area is 96.2 Å². The quantitative estimate of drug-likeness (QED) is 0.679. The number of carbonyl (C=O) groups excluding carboxylic acids is 1. The summed E-state index contributed by atoms with van der Waals surface area (Å²) in [6, 6.07) is 7.73. The highest BCUT2D eigenvalue weighted by Crippen LogP contribution is 2.08. The van der Waals surface area contributed by atoms with Gasteiger partial charge in [-0.15, -0.1) is 0 Å². The molecule has 1 aromatic carbocycles. The summed E-state index contributed by atoms with van der Waals surface area (Å²) in [7, 11) is 0. The van der Waals surface area contributed by atoms with Crippen LogP contribution in [-0.2, 0) is 4.74 Å². The maximum absolute atomic E-state index is 11.3. The number of carbonyl (C=O) groups is 1. The van der Waals surface area contributed by atoms with Crippen LogP contribution in [0.15, 0.2) is 29.3 Å². The van der Waals surface area contributed by atoms with Crippen molar-refractivity contribution in [2.75, 3.05) is 0 Å². The van der Waals surface area contributed by atoms with Crippen LogP contribution in [0, 0.1) is 6.92 Å². The van der Waals surface area contributed by atoms with E-state index in [9.17, 15) is 4.79 Å². The molecule has 0 fully saturated rings. The van der Waals surface area contributed by atoms with Crippen LogP contribution in [0.25, 0.3) is 0 Å². The van der Waals surface area contributed by atoms with Crippen molar-refractivity contribution in [3.05, 3.63) is 35.4 Å². The summed E-state index contributed by atoms with van der Waals surface area (Å²) in [6.45, 7) is 7.41. The second-order valence-electron chi connectivity index (χ2n) is 4.60. The molecule has 0 aliphatic carbocycles. The molecule has 0 aliphatic rings. The normalized spacial score (nSPS) is 11.8. The molecule has 1 amide bonds. The van der Waals surface area contributed by atoms with E-state index in [1.807, 2.05) is 52.0 Å². The van der Waals surface area contributed by atoms with Gasteiger partial charge < -0.3 is 4.74 Å². The molecule has 0 atom stereocenters. The molecular formula is C13H17NO2. The molecule has 3 heteroatoms. The van der Waals surface area contributed by atoms with Crippen LogP contribution in [-0.4, -0.2) is 17.9 Å². The standard InChI is InChI=1S/C13H17NO2/c1-10-7-5-6-8-11(10)9-14-12(15)16-13(2,3)4/h5-9H,1-4H3/b14-9-. The maximum Gasteiger partial charge on any atom is 0.434 e. The number of amides is 1. The Hall–Kier alpha value is -1.64. The Balaban J connectivity index is 2.68. The zero-order chi connectivity index (χ0) is 12.2. The highest BCUT2D eigenvalue weighted by Gasteiger charge is 2.14. The first-order valence-corrected chi connectivity index (χ1v) is 5.21. The largest absolute Gasteiger partial charge is 0.442 e. The molecule has 16 heavy (non-hydrogen) atoms. The number of aryl methyl sites for hydroxylation is 1. The lowest BCUT2D eigenvalue weighted by molar-refractivity contribution is 0.0605. The number of aliphatic imine (C=N–C) groups is 1. The molecule has 0 spiro atoms. The van der Waals surface area contributed by atoms with Crippen LogP contribution < -0.4 is 0 Å². The van der Waals surface area contributed by atoms with Gasteiger partial charge in [-0.3, -0.25) is 0 Å². The van der Waals surface area contributed by atoms with Gasteiger partial charge in [-0.1, -0.05) is 24.3 Å². The Bertz CT molecular complexity index is 403. The van der Waals surface area contributed by atoms with E-state index in [4.69, 9.17) is 4.74 Å². The van der Waals surface area contributed by atoms with Crippen molar-refractivity contribution in [1.82, 2.24) is 0 Å². The van der Waals surface area contributed by atoms with E-state index < -0.39 is 11.7 Å². The lowest BCUT2D eigenvalue weighted by atomic mass is 10.1. The van der Waals surface area contributed by atoms with E-state index in [2.05, 4.69) is 4.99 Å². The highest BCUT2D eigenvalue weighted by atomic mass is 16.6. The van der Waals surface area contributed by atoms with Crippen molar-refractivity contribution in [2.24, 2.45) is 4.99 Å². The van der Waals surface area contributed by atoms with Crippen LogP contribution in [0.4, 0.5) is 4.79 Å². The van der Waals surface area contributed by atoms with Crippen LogP contribution in [0.1, 0.15) is 31.9 Å². The van der Waals surface area contributed by atoms with E-state index >= 15 is 0 Å². The summed E-state index contributed by atoms with van der Waals surface area (Å²) in [5.41, 5.74) is 1.50. The molecule has 0 radical (unpaired) electrons. The Morgan fingerprint density at radius 3 is 2.50 bits per heavy atom. The lowest BCUT2D eigenvalue weighted by Gasteiger charge is -2.17. The number of ether oxygens (including phenoxy) is 1. The van der Waals surface area contributed by atoms with Gasteiger partial charge in [-0.05, 0) is 38.8 Å². The smallest absolute Gasteiger partial charge is 0.434 e. The van der Waals surface area contributed by atoms with Crippen molar-refractivity contribution in [2.45, 2.75) is 33.3 Å². The summed E-state index contributed by atoms with van der Waals surface area (Å²) in [6.07, 6.45) is 0.972. The van der Waals surface area contributed by atoms with E-state index in [1.165, 1.54) is 6.21 Å². The van der Waals surface area contributed by atoms with Gasteiger partial charge in [0.05, 0.1) is 0 Å². The van der Waals surface area contributed by atoms with Crippen molar-refractivity contribution in [1.29, 1.82) is 0 Å². The van der Waals surface area contributed by atoms with Crippen LogP contribution in [0.2, 0.25) is 0 Å². The number of hydrogen-bond donors (Lipinski definition) is 0. The summed E-state index contributed by atoms with van der Waals surface area (Å²) >= 11 is 0. The van der Waals surface area contributed by atoms with Gasteiger partial charge in [-0.2, -0.15) is 4.99 Å². The molecule has 86 valence electrons. The van der Waals surface area contributed by atoms with Crippen molar-refractivity contribution in [3.8, 4) is 0 Å². The van der Waals surface area contributed by atoms with Crippen LogP contribution in [0.5, 0.6) is 0 Å². The average molecular weight is 219 g/mol. The van der Waals surface area contributed by atoms with E-state index in [-0.39, 0.29) is 0 Å². The fourth-order valence-electron chi connectivity index (χ4n) is 1.14. The molecule has 0 bridgehead atoms. The van der Waals surface area contributed by atoms with Crippen molar-refractivity contribution >= 4 is 12.3 Å². The minimum absolute atomic E-state index is 0.500. The van der Waals surface area contributed by atoms with E-state index in [0.29, 0.717) is 0 Å². The Morgan fingerprint density at radius 2 is 1.94 bits per heavy atom. The minimum atomic E-state index is -0.559. The topological polar surface area (TPSA) is 38.7 Å². The predicted molar refractivity (Wildman–Crippen MR) is 65.0 cm³/mol. The highest BCUT2D eigenvalue weighted by molar-refractivity contribution is 5.90. The molecule has 0 heterocycles. The number of rotatable bonds is 1. The molecule has 3 nitrogen and oxygen atoms in total. The molecular weight excluding hydrogens is 202 g/mol. The first-order valence-electron chi connectivity index (χ1n) is 5.21. The van der Waals surface area contributed by atoms with Gasteiger partial charge in [0.15, 0.2) is 0 Å². The van der Waals surface area contributed by atoms with Gasteiger partial charge in [0.1, 0.15) is 5.60 Å². The van der Waals surface area contributed by atoms with E-state index in [0.717, 1.165) is 11.1 Å². The lowest BCUT2D eigenvalue weighted by Crippen LogP contribution is -2.21. The van der Waals surface area contributed by atoms with E-state index in [1.54, 1.807) is 0 Å². The Morgan fingerprint density at radius 1 is 1.31 bits per heavy atom. The number of hydrogen-bond acceptors (Lipinski definition) is 2. The van der Waals surface area contributed by atoms with Gasteiger partial charge in [0.2, 0.25) is 0 Å². The fraction of sp³-hybridized carbons (Fsp3) is 0.385. The van der Waals surface area contributed by atoms with Gasteiger partial charge >= 0.3 is 6.09 Å². The van der Waals surface area contributed by atoms with Crippen LogP contribution in [0.3, 0.4) is 0 Å². The molecule has 0 N–H and O–H groups in total. The fourth-order valence-corrected chi connectivity index (χ4v) is 1.14. The molecule has 1 aromatic rings. The van der Waals surface area contributed by atoms with Crippen molar-refractivity contribution < 1.29 is 9.53 Å². The third kappa shape index (κ3) is 4.26. The minimum Gasteiger partial charge on any atom is -0.442 e. The molecule has 1 rings (SSSR count). The molecule has 0 aromatic heterocycles. The zero-order valence-electron chi connectivity index (χ0n) is 10.2. The molecule has 0 unspecified atom stereocenters. The van der Waals surface area contributed by atoms with Gasteiger partial charge in [-0.25, -0.2) is 4.79 Å². The SMILES string of the molecule is Cc1ccccc1/C=N\C(=O)OC(C)(C)C. The maximum atomic E-state index is 11.3. The molecule has 0 aliphatic heterocycles. The van der Waals surface area contributed by atoms with Crippen LogP contribution >= 0.6 is 0 Å². The third-order valence-electron chi connectivity index (χ3n) is 1.89. The predicted octanol–water partition coefficient (Wildman–Crippen LogP) is 3.35. The summed E-state index contributed by atoms with van der Waals surface area (Å²) in [5.74, 6) is 0. The second kappa shape index (κ2) is 4.92. The second-order valence-corrected chi connectivity index (χ2v) is 4.60. The first-order chi connectivity index (χ1) is 7.38. The number of benzene rings is 1. The summed E-state index contributed by atoms with van der Waals surface area (Å²) < 4.78 is 5.06. The molecule has 0 saturated heterocycles. The zero-order valence-corrected chi connectivity index (χ0v) is 10.2. The third-order valence-corrected chi connectivity index (χ3v) is 1.89. The number of nitrogens with zero attached hydrogens (tertiary/aromatic N) is 1.